The second-order valence-electron chi connectivity index (χ2n) is 7.98. The van der Waals surface area contributed by atoms with Crippen molar-refractivity contribution in [3.05, 3.63) is 71.3 Å². The zero-order valence-corrected chi connectivity index (χ0v) is 15.6. The van der Waals surface area contributed by atoms with Crippen molar-refractivity contribution < 1.29 is 4.39 Å². The van der Waals surface area contributed by atoms with Crippen molar-refractivity contribution in [3.8, 4) is 6.07 Å². The number of hydrogen-bond donors (Lipinski definition) is 1. The minimum atomic E-state index is -1.09. The van der Waals surface area contributed by atoms with Crippen molar-refractivity contribution >= 4 is 0 Å². The zero-order chi connectivity index (χ0) is 18.7. The van der Waals surface area contributed by atoms with Crippen LogP contribution in [0.15, 0.2) is 54.6 Å². The molecule has 1 heterocycles. The first-order chi connectivity index (χ1) is 13.1. The molecule has 4 rings (SSSR count). The number of likely N-dealkylation sites (tertiary alicyclic amines) is 1. The van der Waals surface area contributed by atoms with Crippen LogP contribution in [-0.4, -0.2) is 36.2 Å². The number of halogens is 1. The maximum absolute atomic E-state index is 15.2. The molecule has 27 heavy (non-hydrogen) atoms. The fourth-order valence-corrected chi connectivity index (χ4v) is 4.03. The van der Waals surface area contributed by atoms with Gasteiger partial charge in [0.15, 0.2) is 0 Å². The van der Waals surface area contributed by atoms with Gasteiger partial charge in [-0.1, -0.05) is 42.5 Å². The largest absolute Gasteiger partial charge is 0.310 e. The molecule has 1 N–H and O–H groups in total. The number of alkyl halides is 1. The van der Waals surface area contributed by atoms with Crippen LogP contribution in [0.25, 0.3) is 0 Å². The van der Waals surface area contributed by atoms with Crippen LogP contribution in [-0.2, 0) is 6.54 Å². The normalized spacial score (nSPS) is 24.3. The van der Waals surface area contributed by atoms with Crippen molar-refractivity contribution in [1.82, 2.24) is 10.2 Å². The highest BCUT2D eigenvalue weighted by Crippen LogP contribution is 2.41. The van der Waals surface area contributed by atoms with Gasteiger partial charge in [0.05, 0.1) is 11.6 Å². The van der Waals surface area contributed by atoms with Crippen molar-refractivity contribution in [2.24, 2.45) is 0 Å². The molecule has 0 radical (unpaired) electrons. The van der Waals surface area contributed by atoms with Crippen LogP contribution in [0.3, 0.4) is 0 Å². The number of nitriles is 1. The van der Waals surface area contributed by atoms with Gasteiger partial charge in [0, 0.05) is 38.1 Å². The van der Waals surface area contributed by atoms with Gasteiger partial charge < -0.3 is 5.32 Å². The van der Waals surface area contributed by atoms with Gasteiger partial charge in [-0.25, -0.2) is 4.39 Å². The average Bonchev–Trinajstić information content (AvgIpc) is 3.50. The summed E-state index contributed by atoms with van der Waals surface area (Å²) in [7, 11) is 0. The molecular weight excluding hydrogens is 337 g/mol. The van der Waals surface area contributed by atoms with Crippen LogP contribution >= 0.6 is 0 Å². The monoisotopic (exact) mass is 363 g/mol. The highest BCUT2D eigenvalue weighted by Gasteiger charge is 2.41. The summed E-state index contributed by atoms with van der Waals surface area (Å²) in [6.45, 7) is 2.86. The van der Waals surface area contributed by atoms with Crippen molar-refractivity contribution in [2.75, 3.05) is 19.6 Å². The number of nitrogens with one attached hydrogen (secondary N) is 1. The molecule has 1 aliphatic heterocycles. The molecule has 1 saturated carbocycles. The van der Waals surface area contributed by atoms with E-state index in [-0.39, 0.29) is 0 Å². The standard InChI is InChI=1S/C23H26FN3/c24-23(17-26-22-14-21(22)20-4-2-1-3-5-20)10-12-27(13-11-23)16-19-8-6-18(15-25)7-9-19/h1-9,21-22,26H,10-14,16-17H2. The summed E-state index contributed by atoms with van der Waals surface area (Å²) in [5.74, 6) is 0.547. The Morgan fingerprint density at radius 3 is 2.44 bits per heavy atom. The van der Waals surface area contributed by atoms with Crippen LogP contribution in [0.1, 0.15) is 41.9 Å². The van der Waals surface area contributed by atoms with Gasteiger partial charge in [-0.2, -0.15) is 5.26 Å². The Balaban J connectivity index is 1.22. The molecule has 0 aromatic heterocycles. The summed E-state index contributed by atoms with van der Waals surface area (Å²) in [5.41, 5.74) is 2.13. The molecular formula is C23H26FN3. The number of piperidine rings is 1. The van der Waals surface area contributed by atoms with Crippen LogP contribution in [0, 0.1) is 11.3 Å². The van der Waals surface area contributed by atoms with Gasteiger partial charge in [-0.15, -0.1) is 0 Å². The van der Waals surface area contributed by atoms with E-state index in [0.717, 1.165) is 26.1 Å². The highest BCUT2D eigenvalue weighted by atomic mass is 19.1. The molecule has 4 heteroatoms. The summed E-state index contributed by atoms with van der Waals surface area (Å²) in [6, 6.07) is 20.8. The lowest BCUT2D eigenvalue weighted by molar-refractivity contribution is 0.0544. The molecule has 1 saturated heterocycles. The molecule has 2 aliphatic rings. The Bertz CT molecular complexity index is 789. The van der Waals surface area contributed by atoms with E-state index in [0.29, 0.717) is 36.9 Å². The molecule has 2 aromatic rings. The second kappa shape index (κ2) is 7.80. The van der Waals surface area contributed by atoms with E-state index in [4.69, 9.17) is 5.26 Å². The number of hydrogen-bond acceptors (Lipinski definition) is 3. The summed E-state index contributed by atoms with van der Waals surface area (Å²) >= 11 is 0. The summed E-state index contributed by atoms with van der Waals surface area (Å²) in [6.07, 6.45) is 2.28. The van der Waals surface area contributed by atoms with Crippen LogP contribution in [0.2, 0.25) is 0 Å². The smallest absolute Gasteiger partial charge is 0.125 e. The van der Waals surface area contributed by atoms with Crippen molar-refractivity contribution in [3.63, 3.8) is 0 Å². The third kappa shape index (κ3) is 4.55. The van der Waals surface area contributed by atoms with E-state index in [1.54, 1.807) is 0 Å². The quantitative estimate of drug-likeness (QED) is 0.843. The highest BCUT2D eigenvalue weighted by molar-refractivity contribution is 5.31. The lowest BCUT2D eigenvalue weighted by Crippen LogP contribution is -2.47. The minimum absolute atomic E-state index is 0.428. The van der Waals surface area contributed by atoms with Gasteiger partial charge in [0.2, 0.25) is 0 Å². The molecule has 2 unspecified atom stereocenters. The first-order valence-electron chi connectivity index (χ1n) is 9.84. The van der Waals surface area contributed by atoms with E-state index in [1.165, 1.54) is 11.1 Å². The Labute approximate surface area is 160 Å². The molecule has 2 atom stereocenters. The third-order valence-corrected chi connectivity index (χ3v) is 5.94. The predicted molar refractivity (Wildman–Crippen MR) is 105 cm³/mol. The molecule has 140 valence electrons. The van der Waals surface area contributed by atoms with E-state index < -0.39 is 5.67 Å². The Kier molecular flexibility index (Phi) is 5.24. The fourth-order valence-electron chi connectivity index (χ4n) is 4.03. The van der Waals surface area contributed by atoms with E-state index in [2.05, 4.69) is 40.6 Å². The number of nitrogens with zero attached hydrogens (tertiary/aromatic N) is 2. The maximum atomic E-state index is 15.2. The zero-order valence-electron chi connectivity index (χ0n) is 15.6. The van der Waals surface area contributed by atoms with Crippen molar-refractivity contribution in [2.45, 2.75) is 43.4 Å². The number of rotatable bonds is 6. The summed E-state index contributed by atoms with van der Waals surface area (Å²) in [5, 5.41) is 12.3. The summed E-state index contributed by atoms with van der Waals surface area (Å²) in [4.78, 5) is 2.31. The van der Waals surface area contributed by atoms with E-state index >= 15 is 4.39 Å². The predicted octanol–water partition coefficient (Wildman–Crippen LogP) is 4.01. The molecule has 2 fully saturated rings. The average molecular weight is 363 g/mol. The van der Waals surface area contributed by atoms with Crippen LogP contribution in [0.4, 0.5) is 4.39 Å². The number of benzene rings is 2. The lowest BCUT2D eigenvalue weighted by atomic mass is 9.92. The molecule has 2 aromatic carbocycles. The van der Waals surface area contributed by atoms with Gasteiger partial charge in [0.25, 0.3) is 0 Å². The minimum Gasteiger partial charge on any atom is -0.310 e. The summed E-state index contributed by atoms with van der Waals surface area (Å²) < 4.78 is 15.2. The van der Waals surface area contributed by atoms with Gasteiger partial charge >= 0.3 is 0 Å². The fraction of sp³-hybridized carbons (Fsp3) is 0.435. The SMILES string of the molecule is N#Cc1ccc(CN2CCC(F)(CNC3CC3c3ccccc3)CC2)cc1. The maximum Gasteiger partial charge on any atom is 0.125 e. The second-order valence-corrected chi connectivity index (χ2v) is 7.98. The molecule has 0 spiro atoms. The van der Waals surface area contributed by atoms with E-state index in [9.17, 15) is 0 Å². The van der Waals surface area contributed by atoms with Gasteiger partial charge in [0.1, 0.15) is 5.67 Å². The lowest BCUT2D eigenvalue weighted by Gasteiger charge is -2.36. The van der Waals surface area contributed by atoms with E-state index in [1.807, 2.05) is 30.3 Å². The van der Waals surface area contributed by atoms with Crippen LogP contribution in [0.5, 0.6) is 0 Å². The third-order valence-electron chi connectivity index (χ3n) is 5.94. The Morgan fingerprint density at radius 1 is 1.07 bits per heavy atom. The first kappa shape index (κ1) is 18.2. The first-order valence-corrected chi connectivity index (χ1v) is 9.84. The topological polar surface area (TPSA) is 39.1 Å². The van der Waals surface area contributed by atoms with Gasteiger partial charge in [-0.05, 0) is 42.5 Å². The van der Waals surface area contributed by atoms with Crippen LogP contribution < -0.4 is 5.32 Å². The molecule has 1 aliphatic carbocycles. The van der Waals surface area contributed by atoms with Crippen molar-refractivity contribution in [1.29, 1.82) is 5.26 Å². The Morgan fingerprint density at radius 2 is 1.78 bits per heavy atom. The molecule has 0 bridgehead atoms. The molecule has 0 amide bonds. The van der Waals surface area contributed by atoms with Gasteiger partial charge in [-0.3, -0.25) is 4.90 Å². The Hall–Kier alpha value is -2.22. The molecule has 3 nitrogen and oxygen atoms in total.